The summed E-state index contributed by atoms with van der Waals surface area (Å²) in [6.07, 6.45) is 1.04. The number of fused-ring (bicyclic) bond motifs is 1. The van der Waals surface area contributed by atoms with E-state index in [0.717, 1.165) is 12.2 Å². The summed E-state index contributed by atoms with van der Waals surface area (Å²) in [5.74, 6) is 1.16. The molecule has 0 saturated carbocycles. The Morgan fingerprint density at radius 2 is 1.67 bits per heavy atom. The standard InChI is InChI=1S/C16H24OSi/c1-16(2,3)14-11-12-9-7-8-10-13(12)15(14)17-18(4,5)6/h7-10H,11H2,1-6H3. The van der Waals surface area contributed by atoms with Crippen LogP contribution < -0.4 is 0 Å². The average molecular weight is 260 g/mol. The van der Waals surface area contributed by atoms with Crippen LogP contribution in [0.5, 0.6) is 0 Å². The Balaban J connectivity index is 2.50. The minimum atomic E-state index is -1.57. The van der Waals surface area contributed by atoms with E-state index in [-0.39, 0.29) is 5.41 Å². The molecule has 1 aromatic carbocycles. The van der Waals surface area contributed by atoms with Crippen molar-refractivity contribution in [1.29, 1.82) is 0 Å². The molecule has 0 N–H and O–H groups in total. The van der Waals surface area contributed by atoms with Crippen molar-refractivity contribution in [3.63, 3.8) is 0 Å². The fourth-order valence-corrected chi connectivity index (χ4v) is 3.20. The summed E-state index contributed by atoms with van der Waals surface area (Å²) in [6, 6.07) is 8.65. The molecule has 0 saturated heterocycles. The third-order valence-corrected chi connectivity index (χ3v) is 4.03. The van der Waals surface area contributed by atoms with Crippen molar-refractivity contribution in [2.24, 2.45) is 5.41 Å². The molecule has 18 heavy (non-hydrogen) atoms. The van der Waals surface area contributed by atoms with Gasteiger partial charge in [-0.05, 0) is 42.6 Å². The molecule has 1 nitrogen and oxygen atoms in total. The molecule has 0 amide bonds. The lowest BCUT2D eigenvalue weighted by Gasteiger charge is -2.27. The van der Waals surface area contributed by atoms with Crippen molar-refractivity contribution in [3.8, 4) is 0 Å². The van der Waals surface area contributed by atoms with Crippen molar-refractivity contribution < 1.29 is 4.43 Å². The topological polar surface area (TPSA) is 9.23 Å². The van der Waals surface area contributed by atoms with Gasteiger partial charge in [0.1, 0.15) is 5.76 Å². The second kappa shape index (κ2) is 4.27. The quantitative estimate of drug-likeness (QED) is 0.691. The molecule has 0 fully saturated rings. The summed E-state index contributed by atoms with van der Waals surface area (Å²) in [4.78, 5) is 0. The maximum atomic E-state index is 6.38. The van der Waals surface area contributed by atoms with Gasteiger partial charge in [-0.3, -0.25) is 0 Å². The molecule has 0 heterocycles. The van der Waals surface area contributed by atoms with Crippen molar-refractivity contribution >= 4 is 14.1 Å². The van der Waals surface area contributed by atoms with Gasteiger partial charge in [0, 0.05) is 5.56 Å². The Hall–Kier alpha value is -1.02. The summed E-state index contributed by atoms with van der Waals surface area (Å²) in [5.41, 5.74) is 4.35. The van der Waals surface area contributed by atoms with Crippen LogP contribution in [0.15, 0.2) is 29.8 Å². The Morgan fingerprint density at radius 3 is 2.22 bits per heavy atom. The maximum Gasteiger partial charge on any atom is 0.242 e. The molecule has 2 rings (SSSR count). The lowest BCUT2D eigenvalue weighted by Crippen LogP contribution is -2.25. The largest absolute Gasteiger partial charge is 0.544 e. The molecule has 2 heteroatoms. The van der Waals surface area contributed by atoms with Crippen LogP contribution in [0.25, 0.3) is 5.76 Å². The predicted octanol–water partition coefficient (Wildman–Crippen LogP) is 4.85. The van der Waals surface area contributed by atoms with Crippen LogP contribution in [0.2, 0.25) is 19.6 Å². The van der Waals surface area contributed by atoms with Crippen LogP contribution in [0.4, 0.5) is 0 Å². The monoisotopic (exact) mass is 260 g/mol. The van der Waals surface area contributed by atoms with E-state index >= 15 is 0 Å². The summed E-state index contributed by atoms with van der Waals surface area (Å²) in [7, 11) is -1.57. The zero-order valence-corrected chi connectivity index (χ0v) is 13.4. The van der Waals surface area contributed by atoms with Gasteiger partial charge in [0.05, 0.1) is 0 Å². The van der Waals surface area contributed by atoms with Crippen molar-refractivity contribution in [1.82, 2.24) is 0 Å². The van der Waals surface area contributed by atoms with Crippen LogP contribution in [0.1, 0.15) is 31.9 Å². The van der Waals surface area contributed by atoms with Gasteiger partial charge in [0.25, 0.3) is 0 Å². The minimum Gasteiger partial charge on any atom is -0.544 e. The molecular weight excluding hydrogens is 236 g/mol. The van der Waals surface area contributed by atoms with Gasteiger partial charge in [-0.2, -0.15) is 0 Å². The first-order valence-corrected chi connectivity index (χ1v) is 10.1. The first-order valence-electron chi connectivity index (χ1n) is 6.69. The molecule has 1 aliphatic carbocycles. The third kappa shape index (κ3) is 2.69. The van der Waals surface area contributed by atoms with Crippen molar-refractivity contribution in [2.75, 3.05) is 0 Å². The Labute approximate surface area is 112 Å². The summed E-state index contributed by atoms with van der Waals surface area (Å²) in [6.45, 7) is 13.6. The number of hydrogen-bond acceptors (Lipinski definition) is 1. The van der Waals surface area contributed by atoms with Gasteiger partial charge < -0.3 is 4.43 Å². The molecule has 1 aliphatic rings. The zero-order valence-electron chi connectivity index (χ0n) is 12.4. The fraction of sp³-hybridized carbons (Fsp3) is 0.500. The highest BCUT2D eigenvalue weighted by atomic mass is 28.4. The molecule has 0 aliphatic heterocycles. The number of rotatable bonds is 2. The van der Waals surface area contributed by atoms with E-state index in [9.17, 15) is 0 Å². The molecule has 0 bridgehead atoms. The van der Waals surface area contributed by atoms with Gasteiger partial charge in [0.2, 0.25) is 8.32 Å². The van der Waals surface area contributed by atoms with E-state index in [4.69, 9.17) is 4.43 Å². The van der Waals surface area contributed by atoms with Crippen LogP contribution in [-0.2, 0) is 10.8 Å². The molecule has 0 radical (unpaired) electrons. The van der Waals surface area contributed by atoms with E-state index in [1.165, 1.54) is 16.7 Å². The minimum absolute atomic E-state index is 0.175. The van der Waals surface area contributed by atoms with E-state index < -0.39 is 8.32 Å². The summed E-state index contributed by atoms with van der Waals surface area (Å²) >= 11 is 0. The average Bonchev–Trinajstić information content (AvgIpc) is 2.55. The molecule has 98 valence electrons. The first-order chi connectivity index (χ1) is 8.18. The van der Waals surface area contributed by atoms with Gasteiger partial charge in [-0.15, -0.1) is 0 Å². The van der Waals surface area contributed by atoms with Gasteiger partial charge in [-0.25, -0.2) is 0 Å². The van der Waals surface area contributed by atoms with Gasteiger partial charge in [0.15, 0.2) is 0 Å². The Kier molecular flexibility index (Phi) is 3.18. The van der Waals surface area contributed by atoms with E-state index in [1.54, 1.807) is 0 Å². The van der Waals surface area contributed by atoms with Crippen LogP contribution >= 0.6 is 0 Å². The summed E-state index contributed by atoms with van der Waals surface area (Å²) in [5, 5.41) is 0. The van der Waals surface area contributed by atoms with Crippen LogP contribution in [0, 0.1) is 5.41 Å². The normalized spacial score (nSPS) is 15.9. The highest BCUT2D eigenvalue weighted by Gasteiger charge is 2.32. The van der Waals surface area contributed by atoms with Gasteiger partial charge in [-0.1, -0.05) is 45.0 Å². The SMILES string of the molecule is CC(C)(C)C1=C(O[Si](C)(C)C)c2ccccc2C1. The molecule has 0 unspecified atom stereocenters. The van der Waals surface area contributed by atoms with Gasteiger partial charge >= 0.3 is 0 Å². The Bertz CT molecular complexity index is 487. The van der Waals surface area contributed by atoms with E-state index in [0.29, 0.717) is 0 Å². The summed E-state index contributed by atoms with van der Waals surface area (Å²) < 4.78 is 6.38. The molecular formula is C16H24OSi. The third-order valence-electron chi connectivity index (χ3n) is 3.22. The van der Waals surface area contributed by atoms with Crippen molar-refractivity contribution in [2.45, 2.75) is 46.8 Å². The second-order valence-electron chi connectivity index (χ2n) is 7.11. The predicted molar refractivity (Wildman–Crippen MR) is 81.0 cm³/mol. The lowest BCUT2D eigenvalue weighted by molar-refractivity contribution is 0.456. The highest BCUT2D eigenvalue weighted by Crippen LogP contribution is 2.43. The Morgan fingerprint density at radius 1 is 1.06 bits per heavy atom. The van der Waals surface area contributed by atoms with Crippen molar-refractivity contribution in [3.05, 3.63) is 41.0 Å². The number of benzene rings is 1. The van der Waals surface area contributed by atoms with Crippen LogP contribution in [-0.4, -0.2) is 8.32 Å². The highest BCUT2D eigenvalue weighted by molar-refractivity contribution is 6.70. The van der Waals surface area contributed by atoms with E-state index in [1.807, 2.05) is 0 Å². The molecule has 0 spiro atoms. The number of allylic oxidation sites excluding steroid dienone is 1. The van der Waals surface area contributed by atoms with E-state index in [2.05, 4.69) is 64.7 Å². The second-order valence-corrected chi connectivity index (χ2v) is 11.5. The first kappa shape index (κ1) is 13.4. The fourth-order valence-electron chi connectivity index (χ4n) is 2.36. The smallest absolute Gasteiger partial charge is 0.242 e. The zero-order chi connectivity index (χ0) is 13.6. The molecule has 0 atom stereocenters. The molecule has 1 aromatic rings. The number of hydrogen-bond donors (Lipinski definition) is 0. The maximum absolute atomic E-state index is 6.38. The lowest BCUT2D eigenvalue weighted by atomic mass is 9.85. The van der Waals surface area contributed by atoms with Crippen LogP contribution in [0.3, 0.4) is 0 Å². The molecule has 0 aromatic heterocycles.